The van der Waals surface area contributed by atoms with E-state index in [4.69, 9.17) is 9.47 Å². The molecule has 44 heavy (non-hydrogen) atoms. The summed E-state index contributed by atoms with van der Waals surface area (Å²) in [6.45, 7) is 19.3. The van der Waals surface area contributed by atoms with Crippen LogP contribution in [0.3, 0.4) is 0 Å². The Morgan fingerprint density at radius 3 is 2.20 bits per heavy atom. The molecule has 0 unspecified atom stereocenters. The highest BCUT2D eigenvalue weighted by atomic mass is 16.7. The lowest BCUT2D eigenvalue weighted by Crippen LogP contribution is -2.50. The summed E-state index contributed by atoms with van der Waals surface area (Å²) < 4.78 is 12.5. The van der Waals surface area contributed by atoms with Crippen molar-refractivity contribution in [1.29, 1.82) is 0 Å². The number of esters is 2. The Morgan fingerprint density at radius 1 is 0.932 bits per heavy atom. The van der Waals surface area contributed by atoms with Gasteiger partial charge >= 0.3 is 11.9 Å². The molecule has 1 aromatic heterocycles. The van der Waals surface area contributed by atoms with Gasteiger partial charge in [0.15, 0.2) is 0 Å². The predicted octanol–water partition coefficient (Wildman–Crippen LogP) is 5.74. The smallest absolute Gasteiger partial charge is 0.323 e. The number of nitrogens with one attached hydrogen (secondary N) is 1. The Kier molecular flexibility index (Phi) is 10.4. The SMILES string of the molecule is CCCn1c(C)c(C)c2cc(C(=O)N3CCN(CC(=O)OCOC(=O)C(C)(C)C)CC3)cc(NCc3c(C)cccc3C)c21. The fourth-order valence-corrected chi connectivity index (χ4v) is 5.73. The van der Waals surface area contributed by atoms with E-state index in [1.165, 1.54) is 27.9 Å². The monoisotopic (exact) mass is 604 g/mol. The van der Waals surface area contributed by atoms with Crippen molar-refractivity contribution in [2.75, 3.05) is 44.8 Å². The van der Waals surface area contributed by atoms with Gasteiger partial charge in [-0.1, -0.05) is 25.1 Å². The van der Waals surface area contributed by atoms with E-state index in [0.29, 0.717) is 38.3 Å². The van der Waals surface area contributed by atoms with Gasteiger partial charge in [0.25, 0.3) is 5.91 Å². The number of rotatable bonds is 10. The third-order valence-corrected chi connectivity index (χ3v) is 8.56. The molecule has 0 bridgehead atoms. The first kappa shape index (κ1) is 33.1. The molecule has 1 N–H and O–H groups in total. The molecule has 1 saturated heterocycles. The van der Waals surface area contributed by atoms with E-state index in [1.54, 1.807) is 20.8 Å². The lowest BCUT2D eigenvalue weighted by molar-refractivity contribution is -0.173. The normalized spacial score (nSPS) is 14.1. The number of piperazine rings is 1. The molecular formula is C35H48N4O5. The maximum atomic E-state index is 13.9. The van der Waals surface area contributed by atoms with E-state index in [-0.39, 0.29) is 12.5 Å². The molecule has 1 aliphatic rings. The van der Waals surface area contributed by atoms with Crippen molar-refractivity contribution in [3.8, 4) is 0 Å². The summed E-state index contributed by atoms with van der Waals surface area (Å²) >= 11 is 0. The van der Waals surface area contributed by atoms with E-state index in [0.717, 1.165) is 29.6 Å². The van der Waals surface area contributed by atoms with Gasteiger partial charge in [-0.3, -0.25) is 19.3 Å². The van der Waals surface area contributed by atoms with Crippen LogP contribution in [0.25, 0.3) is 10.9 Å². The number of fused-ring (bicyclic) bond motifs is 1. The van der Waals surface area contributed by atoms with Crippen LogP contribution in [0.2, 0.25) is 0 Å². The Hall–Kier alpha value is -3.85. The number of benzene rings is 2. The lowest BCUT2D eigenvalue weighted by atomic mass is 9.98. The van der Waals surface area contributed by atoms with Gasteiger partial charge in [-0.15, -0.1) is 0 Å². The molecular weight excluding hydrogens is 556 g/mol. The van der Waals surface area contributed by atoms with Crippen LogP contribution in [0.15, 0.2) is 30.3 Å². The van der Waals surface area contributed by atoms with Gasteiger partial charge in [-0.2, -0.15) is 0 Å². The number of aromatic nitrogens is 1. The lowest BCUT2D eigenvalue weighted by Gasteiger charge is -2.34. The van der Waals surface area contributed by atoms with Crippen LogP contribution in [-0.4, -0.2) is 71.7 Å². The first-order chi connectivity index (χ1) is 20.8. The van der Waals surface area contributed by atoms with Crippen molar-refractivity contribution in [1.82, 2.24) is 14.4 Å². The average Bonchev–Trinajstić information content (AvgIpc) is 3.21. The minimum absolute atomic E-state index is 0.0152. The van der Waals surface area contributed by atoms with Crippen LogP contribution in [0.1, 0.15) is 72.4 Å². The molecule has 1 fully saturated rings. The predicted molar refractivity (Wildman–Crippen MR) is 174 cm³/mol. The number of hydrogen-bond donors (Lipinski definition) is 1. The zero-order valence-electron chi connectivity index (χ0n) is 27.6. The highest BCUT2D eigenvalue weighted by Gasteiger charge is 2.27. The minimum atomic E-state index is -0.659. The van der Waals surface area contributed by atoms with E-state index < -0.39 is 24.1 Å². The second kappa shape index (κ2) is 13.8. The van der Waals surface area contributed by atoms with Crippen LogP contribution < -0.4 is 5.32 Å². The van der Waals surface area contributed by atoms with Crippen molar-refractivity contribution in [2.24, 2.45) is 5.41 Å². The molecule has 0 spiro atoms. The molecule has 4 rings (SSSR count). The number of carbonyl (C=O) groups is 3. The summed E-state index contributed by atoms with van der Waals surface area (Å²) in [6, 6.07) is 10.4. The van der Waals surface area contributed by atoms with Gasteiger partial charge in [-0.25, -0.2) is 0 Å². The molecule has 1 amide bonds. The van der Waals surface area contributed by atoms with Gasteiger partial charge in [0.05, 0.1) is 23.2 Å². The molecule has 0 radical (unpaired) electrons. The number of nitrogens with zero attached hydrogens (tertiary/aromatic N) is 3. The number of anilines is 1. The molecule has 9 nitrogen and oxygen atoms in total. The van der Waals surface area contributed by atoms with Crippen molar-refractivity contribution >= 4 is 34.4 Å². The molecule has 2 aromatic carbocycles. The van der Waals surface area contributed by atoms with E-state index >= 15 is 0 Å². The molecule has 0 saturated carbocycles. The third kappa shape index (κ3) is 7.44. The van der Waals surface area contributed by atoms with Gasteiger partial charge in [0, 0.05) is 55.9 Å². The van der Waals surface area contributed by atoms with Crippen molar-refractivity contribution in [2.45, 2.75) is 74.9 Å². The molecule has 238 valence electrons. The summed E-state index contributed by atoms with van der Waals surface area (Å²) in [5.74, 6) is -0.899. The van der Waals surface area contributed by atoms with Crippen LogP contribution >= 0.6 is 0 Å². The first-order valence-corrected chi connectivity index (χ1v) is 15.6. The molecule has 2 heterocycles. The first-order valence-electron chi connectivity index (χ1n) is 15.6. The topological polar surface area (TPSA) is 93.1 Å². The van der Waals surface area contributed by atoms with Crippen molar-refractivity contribution < 1.29 is 23.9 Å². The largest absolute Gasteiger partial charge is 0.427 e. The molecule has 0 atom stereocenters. The number of carbonyl (C=O) groups excluding carboxylic acids is 3. The molecule has 3 aromatic rings. The summed E-state index contributed by atoms with van der Waals surface area (Å²) in [7, 11) is 0. The van der Waals surface area contributed by atoms with Gasteiger partial charge in [-0.05, 0) is 89.3 Å². The second-order valence-electron chi connectivity index (χ2n) is 12.9. The molecule has 0 aliphatic carbocycles. The Bertz CT molecular complexity index is 1510. The molecule has 1 aliphatic heterocycles. The van der Waals surface area contributed by atoms with Crippen LogP contribution in [0.4, 0.5) is 5.69 Å². The quantitative estimate of drug-likeness (QED) is 0.233. The number of aryl methyl sites for hydroxylation is 4. The van der Waals surface area contributed by atoms with Gasteiger partial charge < -0.3 is 24.3 Å². The number of ether oxygens (including phenoxy) is 2. The Morgan fingerprint density at radius 2 is 1.59 bits per heavy atom. The highest BCUT2D eigenvalue weighted by Crippen LogP contribution is 2.34. The van der Waals surface area contributed by atoms with E-state index in [9.17, 15) is 14.4 Å². The summed E-state index contributed by atoms with van der Waals surface area (Å²) in [4.78, 5) is 41.8. The standard InChI is InChI=1S/C35H48N4O5/c1-9-13-39-26(5)25(4)28-18-27(19-30(32(28)39)36-20-29-23(2)11-10-12-24(29)3)33(41)38-16-14-37(15-17-38)21-31(40)43-22-44-34(42)35(6,7)8/h10-12,18-19,36H,9,13-17,20-22H2,1-8H3. The summed E-state index contributed by atoms with van der Waals surface area (Å²) in [5, 5.41) is 4.80. The number of hydrogen-bond acceptors (Lipinski definition) is 7. The Labute approximate surface area is 261 Å². The van der Waals surface area contributed by atoms with Crippen LogP contribution in [-0.2, 0) is 32.2 Å². The summed E-state index contributed by atoms with van der Waals surface area (Å²) in [5.41, 5.74) is 8.26. The Balaban J connectivity index is 1.47. The van der Waals surface area contributed by atoms with Crippen LogP contribution in [0, 0.1) is 33.1 Å². The van der Waals surface area contributed by atoms with Crippen molar-refractivity contribution in [3.63, 3.8) is 0 Å². The maximum absolute atomic E-state index is 13.9. The third-order valence-electron chi connectivity index (χ3n) is 8.56. The fraction of sp³-hybridized carbons (Fsp3) is 0.514. The van der Waals surface area contributed by atoms with E-state index in [1.807, 2.05) is 21.9 Å². The zero-order chi connectivity index (χ0) is 32.2. The average molecular weight is 605 g/mol. The minimum Gasteiger partial charge on any atom is -0.427 e. The second-order valence-corrected chi connectivity index (χ2v) is 12.9. The molecule has 9 heteroatoms. The van der Waals surface area contributed by atoms with Crippen molar-refractivity contribution in [3.05, 3.63) is 63.8 Å². The fourth-order valence-electron chi connectivity index (χ4n) is 5.73. The number of amides is 1. The van der Waals surface area contributed by atoms with E-state index in [2.05, 4.69) is 62.7 Å². The maximum Gasteiger partial charge on any atom is 0.323 e. The van der Waals surface area contributed by atoms with Gasteiger partial charge in [0.1, 0.15) is 0 Å². The van der Waals surface area contributed by atoms with Gasteiger partial charge in [0.2, 0.25) is 6.79 Å². The summed E-state index contributed by atoms with van der Waals surface area (Å²) in [6.07, 6.45) is 1.01. The zero-order valence-corrected chi connectivity index (χ0v) is 27.6. The highest BCUT2D eigenvalue weighted by molar-refractivity contribution is 6.04. The van der Waals surface area contributed by atoms with Crippen LogP contribution in [0.5, 0.6) is 0 Å².